The molecule has 2 aromatic rings. The van der Waals surface area contributed by atoms with Gasteiger partial charge in [-0.15, -0.1) is 0 Å². The molecular weight excluding hydrogens is 272 g/mol. The number of aromatic nitrogens is 1. The number of hydrogen-bond acceptors (Lipinski definition) is 1. The second kappa shape index (κ2) is 6.53. The van der Waals surface area contributed by atoms with Crippen LogP contribution in [0.4, 0.5) is 0 Å². The van der Waals surface area contributed by atoms with Crippen molar-refractivity contribution in [3.05, 3.63) is 64.9 Å². The van der Waals surface area contributed by atoms with Crippen molar-refractivity contribution in [2.75, 3.05) is 0 Å². The molecule has 1 heterocycles. The van der Waals surface area contributed by atoms with Crippen LogP contribution in [0, 0.1) is 6.92 Å². The molecule has 1 amide bonds. The van der Waals surface area contributed by atoms with Crippen molar-refractivity contribution in [2.45, 2.75) is 26.4 Å². The van der Waals surface area contributed by atoms with Gasteiger partial charge >= 0.3 is 0 Å². The molecule has 0 fully saturated rings. The van der Waals surface area contributed by atoms with E-state index in [1.54, 1.807) is 0 Å². The van der Waals surface area contributed by atoms with Gasteiger partial charge in [0.15, 0.2) is 12.4 Å². The molecule has 3 nitrogen and oxygen atoms in total. The smallest absolute Gasteiger partial charge is 0.286 e. The Balaban J connectivity index is 1.93. The molecule has 1 aromatic carbocycles. The van der Waals surface area contributed by atoms with Crippen molar-refractivity contribution in [3.63, 3.8) is 0 Å². The Kier molecular flexibility index (Phi) is 4.74. The summed E-state index contributed by atoms with van der Waals surface area (Å²) in [6, 6.07) is 11.4. The highest BCUT2D eigenvalue weighted by Crippen LogP contribution is 2.15. The first kappa shape index (κ1) is 14.5. The quantitative estimate of drug-likeness (QED) is 0.863. The Bertz CT molecular complexity index is 578. The van der Waals surface area contributed by atoms with Crippen LogP contribution in [-0.2, 0) is 11.3 Å². The number of carbonyl (C=O) groups excluding carboxylic acids is 1. The maximum absolute atomic E-state index is 12.0. The van der Waals surface area contributed by atoms with Gasteiger partial charge < -0.3 is 5.32 Å². The summed E-state index contributed by atoms with van der Waals surface area (Å²) in [5, 5.41) is 3.67. The number of pyridine rings is 1. The van der Waals surface area contributed by atoms with E-state index in [9.17, 15) is 4.79 Å². The third kappa shape index (κ3) is 4.07. The van der Waals surface area contributed by atoms with E-state index in [0.717, 1.165) is 5.56 Å². The normalized spacial score (nSPS) is 11.9. The first-order valence-electron chi connectivity index (χ1n) is 6.55. The molecule has 0 aliphatic carbocycles. The second-order valence-electron chi connectivity index (χ2n) is 4.89. The van der Waals surface area contributed by atoms with E-state index >= 15 is 0 Å². The topological polar surface area (TPSA) is 33.0 Å². The Hall–Kier alpha value is -1.87. The maximum atomic E-state index is 12.0. The summed E-state index contributed by atoms with van der Waals surface area (Å²) in [6.45, 7) is 4.30. The minimum absolute atomic E-state index is 0.0127. The number of aryl methyl sites for hydroxylation is 1. The molecular formula is C16H18ClN2O+. The molecule has 0 aliphatic rings. The van der Waals surface area contributed by atoms with Gasteiger partial charge in [-0.05, 0) is 37.1 Å². The van der Waals surface area contributed by atoms with E-state index in [1.807, 2.05) is 67.2 Å². The fourth-order valence-electron chi connectivity index (χ4n) is 1.93. The van der Waals surface area contributed by atoms with Gasteiger partial charge in [0.05, 0.1) is 6.04 Å². The number of rotatable bonds is 4. The third-order valence-electron chi connectivity index (χ3n) is 3.13. The van der Waals surface area contributed by atoms with Gasteiger partial charge in [-0.1, -0.05) is 23.7 Å². The molecule has 0 radical (unpaired) electrons. The van der Waals surface area contributed by atoms with E-state index < -0.39 is 0 Å². The van der Waals surface area contributed by atoms with Crippen molar-refractivity contribution in [1.82, 2.24) is 5.32 Å². The molecule has 4 heteroatoms. The van der Waals surface area contributed by atoms with Crippen LogP contribution >= 0.6 is 11.6 Å². The fourth-order valence-corrected chi connectivity index (χ4v) is 2.05. The van der Waals surface area contributed by atoms with Gasteiger partial charge in [0, 0.05) is 17.2 Å². The van der Waals surface area contributed by atoms with Crippen molar-refractivity contribution in [1.29, 1.82) is 0 Å². The standard InChI is InChI=1S/C16H17ClN2O/c1-12-7-9-19(10-8-12)11-16(20)18-13(2)14-3-5-15(17)6-4-14/h3-10,13H,11H2,1-2H3/p+1/t13-/m0/s1. The maximum Gasteiger partial charge on any atom is 0.286 e. The van der Waals surface area contributed by atoms with E-state index in [2.05, 4.69) is 5.32 Å². The van der Waals surface area contributed by atoms with Gasteiger partial charge in [0.25, 0.3) is 5.91 Å². The molecule has 1 aromatic heterocycles. The minimum Gasteiger partial charge on any atom is -0.344 e. The average molecular weight is 290 g/mol. The van der Waals surface area contributed by atoms with Crippen molar-refractivity contribution in [2.24, 2.45) is 0 Å². The highest BCUT2D eigenvalue weighted by Gasteiger charge is 2.13. The van der Waals surface area contributed by atoms with Gasteiger partial charge in [0.2, 0.25) is 6.54 Å². The van der Waals surface area contributed by atoms with Crippen LogP contribution in [0.15, 0.2) is 48.8 Å². The summed E-state index contributed by atoms with van der Waals surface area (Å²) >= 11 is 5.85. The van der Waals surface area contributed by atoms with E-state index in [0.29, 0.717) is 11.6 Å². The fraction of sp³-hybridized carbons (Fsp3) is 0.250. The van der Waals surface area contributed by atoms with Gasteiger partial charge in [0.1, 0.15) is 0 Å². The van der Waals surface area contributed by atoms with Crippen LogP contribution < -0.4 is 9.88 Å². The highest BCUT2D eigenvalue weighted by atomic mass is 35.5. The van der Waals surface area contributed by atoms with Gasteiger partial charge in [-0.25, -0.2) is 0 Å². The first-order valence-corrected chi connectivity index (χ1v) is 6.93. The molecule has 0 unspecified atom stereocenters. The number of nitrogens with one attached hydrogen (secondary N) is 1. The highest BCUT2D eigenvalue weighted by molar-refractivity contribution is 6.30. The molecule has 1 N–H and O–H groups in total. The molecule has 20 heavy (non-hydrogen) atoms. The summed E-state index contributed by atoms with van der Waals surface area (Å²) < 4.78 is 1.86. The lowest BCUT2D eigenvalue weighted by Crippen LogP contribution is -2.43. The summed E-state index contributed by atoms with van der Waals surface area (Å²) in [7, 11) is 0. The zero-order valence-electron chi connectivity index (χ0n) is 11.6. The zero-order chi connectivity index (χ0) is 14.5. The Labute approximate surface area is 124 Å². The zero-order valence-corrected chi connectivity index (χ0v) is 12.4. The number of hydrogen-bond donors (Lipinski definition) is 1. The summed E-state index contributed by atoms with van der Waals surface area (Å²) in [5.74, 6) is -0.0127. The molecule has 1 atom stereocenters. The van der Waals surface area contributed by atoms with Gasteiger partial charge in [-0.3, -0.25) is 4.79 Å². The number of benzene rings is 1. The largest absolute Gasteiger partial charge is 0.344 e. The molecule has 0 saturated carbocycles. The summed E-state index contributed by atoms with van der Waals surface area (Å²) in [5.41, 5.74) is 2.22. The number of nitrogens with zero attached hydrogens (tertiary/aromatic N) is 1. The molecule has 0 bridgehead atoms. The first-order chi connectivity index (χ1) is 9.54. The predicted molar refractivity (Wildman–Crippen MR) is 79.4 cm³/mol. The second-order valence-corrected chi connectivity index (χ2v) is 5.33. The number of halogens is 1. The van der Waals surface area contributed by atoms with E-state index in [1.165, 1.54) is 5.56 Å². The lowest BCUT2D eigenvalue weighted by Gasteiger charge is -2.13. The molecule has 0 spiro atoms. The van der Waals surface area contributed by atoms with E-state index in [-0.39, 0.29) is 11.9 Å². The van der Waals surface area contributed by atoms with E-state index in [4.69, 9.17) is 11.6 Å². The minimum atomic E-state index is -0.0363. The van der Waals surface area contributed by atoms with Crippen LogP contribution in [0.5, 0.6) is 0 Å². The Morgan fingerprint density at radius 1 is 1.20 bits per heavy atom. The number of carbonyl (C=O) groups is 1. The summed E-state index contributed by atoms with van der Waals surface area (Å²) in [4.78, 5) is 12.0. The van der Waals surface area contributed by atoms with Crippen molar-refractivity contribution >= 4 is 17.5 Å². The predicted octanol–water partition coefficient (Wildman–Crippen LogP) is 2.81. The Morgan fingerprint density at radius 2 is 1.80 bits per heavy atom. The van der Waals surface area contributed by atoms with Crippen LogP contribution in [0.1, 0.15) is 24.1 Å². The molecule has 0 saturated heterocycles. The lowest BCUT2D eigenvalue weighted by molar-refractivity contribution is -0.684. The van der Waals surface area contributed by atoms with Crippen LogP contribution in [0.2, 0.25) is 5.02 Å². The van der Waals surface area contributed by atoms with Crippen LogP contribution in [-0.4, -0.2) is 5.91 Å². The van der Waals surface area contributed by atoms with Crippen molar-refractivity contribution in [3.8, 4) is 0 Å². The third-order valence-corrected chi connectivity index (χ3v) is 3.38. The number of amides is 1. The molecule has 104 valence electrons. The van der Waals surface area contributed by atoms with Crippen LogP contribution in [0.3, 0.4) is 0 Å². The Morgan fingerprint density at radius 3 is 2.40 bits per heavy atom. The van der Waals surface area contributed by atoms with Gasteiger partial charge in [-0.2, -0.15) is 4.57 Å². The molecule has 0 aliphatic heterocycles. The van der Waals surface area contributed by atoms with Crippen LogP contribution in [0.25, 0.3) is 0 Å². The lowest BCUT2D eigenvalue weighted by atomic mass is 10.1. The monoisotopic (exact) mass is 289 g/mol. The van der Waals surface area contributed by atoms with Crippen molar-refractivity contribution < 1.29 is 9.36 Å². The SMILES string of the molecule is Cc1cc[n+](CC(=O)N[C@@H](C)c2ccc(Cl)cc2)cc1. The molecule has 2 rings (SSSR count). The summed E-state index contributed by atoms with van der Waals surface area (Å²) in [6.07, 6.45) is 3.81. The average Bonchev–Trinajstić information content (AvgIpc) is 2.42.